The van der Waals surface area contributed by atoms with E-state index in [1.807, 2.05) is 0 Å². The first kappa shape index (κ1) is 12.8. The number of hydrogen-bond donors (Lipinski definition) is 0. The van der Waals surface area contributed by atoms with Crippen LogP contribution in [0.2, 0.25) is 0 Å². The van der Waals surface area contributed by atoms with Gasteiger partial charge in [0.05, 0.1) is 18.6 Å². The number of carbonyl (C=O) groups excluding carboxylic acids is 1. The normalized spacial score (nSPS) is 29.9. The standard InChI is InChI=1S/C11H16F3NO2/c12-11(13,14)6-15(9-1-2-9)5-10(7-16)3-4-17-8-10/h7,9H,1-6,8H2. The molecule has 6 heteroatoms. The number of rotatable bonds is 5. The Morgan fingerprint density at radius 3 is 2.53 bits per heavy atom. The topological polar surface area (TPSA) is 29.5 Å². The number of aldehydes is 1. The lowest BCUT2D eigenvalue weighted by molar-refractivity contribution is -0.152. The van der Waals surface area contributed by atoms with Gasteiger partial charge in [0, 0.05) is 19.2 Å². The molecule has 1 saturated heterocycles. The minimum atomic E-state index is -4.20. The van der Waals surface area contributed by atoms with Crippen molar-refractivity contribution in [2.24, 2.45) is 5.41 Å². The van der Waals surface area contributed by atoms with Crippen LogP contribution in [-0.4, -0.2) is 49.7 Å². The molecule has 0 bridgehead atoms. The molecular weight excluding hydrogens is 235 g/mol. The zero-order valence-electron chi connectivity index (χ0n) is 9.50. The Kier molecular flexibility index (Phi) is 3.45. The first-order chi connectivity index (χ1) is 7.94. The molecular formula is C11H16F3NO2. The third kappa shape index (κ3) is 3.42. The van der Waals surface area contributed by atoms with Gasteiger partial charge in [-0.1, -0.05) is 0 Å². The molecule has 1 saturated carbocycles. The number of ether oxygens (including phenoxy) is 1. The van der Waals surface area contributed by atoms with Crippen molar-refractivity contribution in [2.45, 2.75) is 31.5 Å². The van der Waals surface area contributed by atoms with Crippen LogP contribution in [0.4, 0.5) is 13.2 Å². The molecule has 0 radical (unpaired) electrons. The number of halogens is 3. The van der Waals surface area contributed by atoms with E-state index < -0.39 is 18.1 Å². The lowest BCUT2D eigenvalue weighted by atomic mass is 9.88. The Bertz CT molecular complexity index is 283. The molecule has 98 valence electrons. The van der Waals surface area contributed by atoms with Gasteiger partial charge in [-0.05, 0) is 19.3 Å². The van der Waals surface area contributed by atoms with Crippen molar-refractivity contribution in [1.29, 1.82) is 0 Å². The zero-order valence-corrected chi connectivity index (χ0v) is 9.50. The summed E-state index contributed by atoms with van der Waals surface area (Å²) in [6, 6.07) is -0.00551. The average molecular weight is 251 g/mol. The molecule has 1 atom stereocenters. The van der Waals surface area contributed by atoms with Crippen LogP contribution in [0.15, 0.2) is 0 Å². The molecule has 0 aromatic carbocycles. The van der Waals surface area contributed by atoms with E-state index >= 15 is 0 Å². The summed E-state index contributed by atoms with van der Waals surface area (Å²) in [6.45, 7) is -0.0469. The predicted molar refractivity (Wildman–Crippen MR) is 54.6 cm³/mol. The van der Waals surface area contributed by atoms with Crippen LogP contribution in [0, 0.1) is 5.41 Å². The summed E-state index contributed by atoms with van der Waals surface area (Å²) >= 11 is 0. The summed E-state index contributed by atoms with van der Waals surface area (Å²) in [5.74, 6) is 0. The maximum atomic E-state index is 12.4. The van der Waals surface area contributed by atoms with Gasteiger partial charge in [-0.3, -0.25) is 4.90 Å². The van der Waals surface area contributed by atoms with Crippen LogP contribution in [0.1, 0.15) is 19.3 Å². The third-order valence-electron chi connectivity index (χ3n) is 3.35. The summed E-state index contributed by atoms with van der Waals surface area (Å²) in [4.78, 5) is 12.5. The molecule has 2 fully saturated rings. The highest BCUT2D eigenvalue weighted by molar-refractivity contribution is 5.60. The first-order valence-electron chi connectivity index (χ1n) is 5.79. The fraction of sp³-hybridized carbons (Fsp3) is 0.909. The molecule has 2 rings (SSSR count). The highest BCUT2D eigenvalue weighted by Crippen LogP contribution is 2.35. The molecule has 1 aliphatic heterocycles. The minimum Gasteiger partial charge on any atom is -0.380 e. The highest BCUT2D eigenvalue weighted by atomic mass is 19.4. The van der Waals surface area contributed by atoms with Gasteiger partial charge in [-0.15, -0.1) is 0 Å². The number of alkyl halides is 3. The molecule has 0 aromatic heterocycles. The van der Waals surface area contributed by atoms with Crippen molar-refractivity contribution in [3.63, 3.8) is 0 Å². The Balaban J connectivity index is 1.99. The zero-order chi connectivity index (χ0) is 12.5. The molecule has 1 heterocycles. The van der Waals surface area contributed by atoms with Crippen LogP contribution in [-0.2, 0) is 9.53 Å². The number of hydrogen-bond acceptors (Lipinski definition) is 3. The van der Waals surface area contributed by atoms with Crippen LogP contribution in [0.5, 0.6) is 0 Å². The van der Waals surface area contributed by atoms with Crippen molar-refractivity contribution in [1.82, 2.24) is 4.90 Å². The van der Waals surface area contributed by atoms with Crippen LogP contribution in [0.25, 0.3) is 0 Å². The van der Waals surface area contributed by atoms with E-state index in [1.54, 1.807) is 0 Å². The number of carbonyl (C=O) groups is 1. The molecule has 17 heavy (non-hydrogen) atoms. The predicted octanol–water partition coefficient (Wildman–Crippen LogP) is 1.62. The Morgan fingerprint density at radius 1 is 1.41 bits per heavy atom. The third-order valence-corrected chi connectivity index (χ3v) is 3.35. The smallest absolute Gasteiger partial charge is 0.380 e. The second-order valence-electron chi connectivity index (χ2n) is 5.03. The lowest BCUT2D eigenvalue weighted by Gasteiger charge is -2.30. The average Bonchev–Trinajstić information content (AvgIpc) is 2.98. The largest absolute Gasteiger partial charge is 0.401 e. The van der Waals surface area contributed by atoms with Crippen molar-refractivity contribution in [3.8, 4) is 0 Å². The van der Waals surface area contributed by atoms with E-state index in [1.165, 1.54) is 4.90 Å². The van der Waals surface area contributed by atoms with Crippen LogP contribution >= 0.6 is 0 Å². The van der Waals surface area contributed by atoms with Gasteiger partial charge >= 0.3 is 6.18 Å². The first-order valence-corrected chi connectivity index (χ1v) is 5.79. The van der Waals surface area contributed by atoms with Gasteiger partial charge in [0.1, 0.15) is 6.29 Å². The van der Waals surface area contributed by atoms with E-state index in [0.29, 0.717) is 13.0 Å². The molecule has 2 aliphatic rings. The molecule has 1 aliphatic carbocycles. The van der Waals surface area contributed by atoms with Gasteiger partial charge in [-0.25, -0.2) is 0 Å². The van der Waals surface area contributed by atoms with E-state index in [0.717, 1.165) is 19.1 Å². The van der Waals surface area contributed by atoms with Crippen molar-refractivity contribution in [3.05, 3.63) is 0 Å². The Labute approximate surface area is 97.9 Å². The molecule has 0 aromatic rings. The SMILES string of the molecule is O=CC1(CN(CC(F)(F)F)C2CC2)CCOC1. The van der Waals surface area contributed by atoms with Gasteiger partial charge in [0.15, 0.2) is 0 Å². The Morgan fingerprint density at radius 2 is 2.12 bits per heavy atom. The lowest BCUT2D eigenvalue weighted by Crippen LogP contribution is -2.44. The van der Waals surface area contributed by atoms with Crippen LogP contribution in [0.3, 0.4) is 0 Å². The van der Waals surface area contributed by atoms with E-state index in [-0.39, 0.29) is 19.2 Å². The fourth-order valence-corrected chi connectivity index (χ4v) is 2.27. The second-order valence-corrected chi connectivity index (χ2v) is 5.03. The minimum absolute atomic E-state index is 0.00551. The van der Waals surface area contributed by atoms with Gasteiger partial charge in [0.2, 0.25) is 0 Å². The van der Waals surface area contributed by atoms with Crippen molar-refractivity contribution >= 4 is 6.29 Å². The quantitative estimate of drug-likeness (QED) is 0.695. The Hall–Kier alpha value is -0.620. The summed E-state index contributed by atoms with van der Waals surface area (Å²) in [5.41, 5.74) is -0.728. The van der Waals surface area contributed by atoms with E-state index in [9.17, 15) is 18.0 Å². The fourth-order valence-electron chi connectivity index (χ4n) is 2.27. The number of nitrogens with zero attached hydrogens (tertiary/aromatic N) is 1. The maximum absolute atomic E-state index is 12.4. The highest BCUT2D eigenvalue weighted by Gasteiger charge is 2.44. The maximum Gasteiger partial charge on any atom is 0.401 e. The van der Waals surface area contributed by atoms with Crippen LogP contribution < -0.4 is 0 Å². The van der Waals surface area contributed by atoms with E-state index in [4.69, 9.17) is 4.74 Å². The monoisotopic (exact) mass is 251 g/mol. The van der Waals surface area contributed by atoms with Gasteiger partial charge in [0.25, 0.3) is 0 Å². The molecule has 0 amide bonds. The second kappa shape index (κ2) is 4.57. The molecule has 0 spiro atoms. The molecule has 0 N–H and O–H groups in total. The van der Waals surface area contributed by atoms with Crippen molar-refractivity contribution in [2.75, 3.05) is 26.3 Å². The summed E-state index contributed by atoms with van der Waals surface area (Å²) < 4.78 is 42.4. The summed E-state index contributed by atoms with van der Waals surface area (Å²) in [7, 11) is 0. The summed E-state index contributed by atoms with van der Waals surface area (Å²) in [5, 5.41) is 0. The van der Waals surface area contributed by atoms with Crippen molar-refractivity contribution < 1.29 is 22.7 Å². The van der Waals surface area contributed by atoms with Gasteiger partial charge < -0.3 is 9.53 Å². The van der Waals surface area contributed by atoms with E-state index in [2.05, 4.69) is 0 Å². The summed E-state index contributed by atoms with van der Waals surface area (Å²) in [6.07, 6.45) is -1.31. The molecule has 1 unspecified atom stereocenters. The molecule has 3 nitrogen and oxygen atoms in total. The van der Waals surface area contributed by atoms with Gasteiger partial charge in [-0.2, -0.15) is 13.2 Å².